The van der Waals surface area contributed by atoms with Crippen molar-refractivity contribution >= 4 is 39.5 Å². The maximum atomic E-state index is 13.1. The Morgan fingerprint density at radius 3 is 0.747 bits per heavy atom. The highest BCUT2D eigenvalue weighted by molar-refractivity contribution is 7.47. The summed E-state index contributed by atoms with van der Waals surface area (Å²) in [5, 5.41) is 10.6. The van der Waals surface area contributed by atoms with Gasteiger partial charge >= 0.3 is 39.5 Å². The van der Waals surface area contributed by atoms with Crippen LogP contribution < -0.4 is 0 Å². The highest BCUT2D eigenvalue weighted by Crippen LogP contribution is 2.45. The minimum Gasteiger partial charge on any atom is -0.462 e. The average molecular weight is 1400 g/mol. The molecule has 0 spiro atoms. The second-order valence-corrected chi connectivity index (χ2v) is 32.0. The lowest BCUT2D eigenvalue weighted by atomic mass is 10.00. The van der Waals surface area contributed by atoms with Crippen LogP contribution in [0.5, 0.6) is 0 Å². The third kappa shape index (κ3) is 69.0. The molecule has 0 aliphatic carbocycles. The third-order valence-corrected chi connectivity index (χ3v) is 19.8. The fourth-order valence-corrected chi connectivity index (χ4v) is 13.1. The van der Waals surface area contributed by atoms with E-state index in [1.54, 1.807) is 0 Å². The summed E-state index contributed by atoms with van der Waals surface area (Å²) in [7, 11) is -9.91. The average Bonchev–Trinajstić information content (AvgIpc) is 1.55. The van der Waals surface area contributed by atoms with Gasteiger partial charge in [-0.05, 0) is 49.4 Å². The number of hydrogen-bond donors (Lipinski definition) is 3. The number of rotatable bonds is 73. The first-order valence-electron chi connectivity index (χ1n) is 39.2. The number of carbonyl (C=O) groups is 4. The van der Waals surface area contributed by atoms with E-state index in [4.69, 9.17) is 37.0 Å². The quantitative estimate of drug-likeness (QED) is 0.0222. The van der Waals surface area contributed by atoms with Crippen LogP contribution >= 0.6 is 15.6 Å². The van der Waals surface area contributed by atoms with Gasteiger partial charge in [-0.3, -0.25) is 37.3 Å². The molecule has 0 amide bonds. The molecule has 0 radical (unpaired) electrons. The fourth-order valence-electron chi connectivity index (χ4n) is 11.5. The van der Waals surface area contributed by atoms with Crippen LogP contribution in [0.2, 0.25) is 0 Å². The second-order valence-electron chi connectivity index (χ2n) is 29.1. The highest BCUT2D eigenvalue weighted by atomic mass is 31.2. The number of aliphatic hydroxyl groups is 1. The van der Waals surface area contributed by atoms with Gasteiger partial charge in [-0.25, -0.2) is 9.13 Å². The van der Waals surface area contributed by atoms with Gasteiger partial charge in [0.2, 0.25) is 0 Å². The lowest BCUT2D eigenvalue weighted by Crippen LogP contribution is -2.30. The Balaban J connectivity index is 5.18. The smallest absolute Gasteiger partial charge is 0.462 e. The van der Waals surface area contributed by atoms with Crippen molar-refractivity contribution in [2.75, 3.05) is 39.6 Å². The van der Waals surface area contributed by atoms with Crippen LogP contribution in [0.4, 0.5) is 0 Å². The van der Waals surface area contributed by atoms with Crippen LogP contribution in [0.3, 0.4) is 0 Å². The minimum absolute atomic E-state index is 0.104. The van der Waals surface area contributed by atoms with Gasteiger partial charge in [-0.1, -0.05) is 331 Å². The van der Waals surface area contributed by atoms with E-state index in [1.807, 2.05) is 0 Å². The molecule has 17 nitrogen and oxygen atoms in total. The van der Waals surface area contributed by atoms with Crippen molar-refractivity contribution in [2.45, 2.75) is 401 Å². The van der Waals surface area contributed by atoms with Gasteiger partial charge < -0.3 is 33.8 Å². The molecule has 0 aliphatic rings. The normalized spacial score (nSPS) is 14.4. The highest BCUT2D eigenvalue weighted by Gasteiger charge is 2.30. The Kier molecular flexibility index (Phi) is 64.0. The molecule has 564 valence electrons. The van der Waals surface area contributed by atoms with Gasteiger partial charge in [0, 0.05) is 25.7 Å². The van der Waals surface area contributed by atoms with Gasteiger partial charge in [0.15, 0.2) is 12.2 Å². The van der Waals surface area contributed by atoms with Crippen LogP contribution in [0, 0.1) is 23.7 Å². The van der Waals surface area contributed by atoms with E-state index < -0.39 is 97.5 Å². The molecule has 0 bridgehead atoms. The first-order chi connectivity index (χ1) is 45.6. The summed E-state index contributed by atoms with van der Waals surface area (Å²) in [5.41, 5.74) is 0. The summed E-state index contributed by atoms with van der Waals surface area (Å²) >= 11 is 0. The molecule has 0 heterocycles. The lowest BCUT2D eigenvalue weighted by Gasteiger charge is -2.21. The molecule has 0 aromatic heterocycles. The zero-order chi connectivity index (χ0) is 70.3. The van der Waals surface area contributed by atoms with E-state index in [-0.39, 0.29) is 25.7 Å². The van der Waals surface area contributed by atoms with E-state index >= 15 is 0 Å². The molecule has 0 fully saturated rings. The second kappa shape index (κ2) is 65.4. The minimum atomic E-state index is -4.96. The number of hydrogen-bond acceptors (Lipinski definition) is 15. The number of phosphoric acid groups is 2. The Labute approximate surface area is 581 Å². The topological polar surface area (TPSA) is 237 Å². The Morgan fingerprint density at radius 2 is 0.505 bits per heavy atom. The predicted molar refractivity (Wildman–Crippen MR) is 386 cm³/mol. The maximum absolute atomic E-state index is 13.1. The molecule has 6 atom stereocenters. The first kappa shape index (κ1) is 93.1. The van der Waals surface area contributed by atoms with Crippen molar-refractivity contribution in [3.8, 4) is 0 Å². The number of esters is 4. The number of phosphoric ester groups is 2. The van der Waals surface area contributed by atoms with E-state index in [2.05, 4.69) is 55.4 Å². The summed E-state index contributed by atoms with van der Waals surface area (Å²) in [4.78, 5) is 72.7. The van der Waals surface area contributed by atoms with Crippen LogP contribution in [0.15, 0.2) is 0 Å². The monoisotopic (exact) mass is 1400 g/mol. The van der Waals surface area contributed by atoms with Gasteiger partial charge in [-0.15, -0.1) is 0 Å². The standard InChI is InChI=1S/C76H148O17P2/c1-9-69(8)55-47-39-34-35-41-49-57-74(79)87-63-72(93-76(81)59-51-43-33-27-21-24-30-38-46-54-68(6)7)65-91-95(84,85)89-61-70(77)60-88-94(82,83)90-64-71(92-75(80)58-50-42-32-26-20-23-29-37-45-53-67(4)5)62-86-73(78)56-48-40-31-25-19-17-15-13-11-10-12-14-16-18-22-28-36-44-52-66(2)3/h66-72,77H,9-65H2,1-8H3,(H,82,83)(H,84,85)/t69?,70-,71-,72-/m1/s1. The summed E-state index contributed by atoms with van der Waals surface area (Å²) in [6, 6.07) is 0. The molecular weight excluding hydrogens is 1250 g/mol. The Bertz CT molecular complexity index is 1870. The van der Waals surface area contributed by atoms with E-state index in [1.165, 1.54) is 180 Å². The molecule has 0 aromatic carbocycles. The zero-order valence-electron chi connectivity index (χ0n) is 62.3. The van der Waals surface area contributed by atoms with Crippen molar-refractivity contribution in [1.29, 1.82) is 0 Å². The van der Waals surface area contributed by atoms with Crippen LogP contribution in [0.1, 0.15) is 383 Å². The summed E-state index contributed by atoms with van der Waals surface area (Å²) in [6.45, 7) is 14.1. The molecule has 0 rings (SSSR count). The van der Waals surface area contributed by atoms with Crippen molar-refractivity contribution in [2.24, 2.45) is 23.7 Å². The zero-order valence-corrected chi connectivity index (χ0v) is 64.1. The first-order valence-corrected chi connectivity index (χ1v) is 42.2. The molecule has 3 N–H and O–H groups in total. The van der Waals surface area contributed by atoms with Crippen LogP contribution in [-0.4, -0.2) is 96.7 Å². The van der Waals surface area contributed by atoms with Crippen LogP contribution in [-0.2, 0) is 65.4 Å². The maximum Gasteiger partial charge on any atom is 0.472 e. The Hall–Kier alpha value is -1.94. The number of carbonyl (C=O) groups excluding carboxylic acids is 4. The van der Waals surface area contributed by atoms with Gasteiger partial charge in [0.1, 0.15) is 19.3 Å². The van der Waals surface area contributed by atoms with E-state index in [0.717, 1.165) is 120 Å². The predicted octanol–water partition coefficient (Wildman–Crippen LogP) is 22.0. The van der Waals surface area contributed by atoms with Crippen molar-refractivity contribution in [3.05, 3.63) is 0 Å². The van der Waals surface area contributed by atoms with Crippen molar-refractivity contribution in [1.82, 2.24) is 0 Å². The number of unbranched alkanes of at least 4 members (excludes halogenated alkanes) is 38. The van der Waals surface area contributed by atoms with Crippen molar-refractivity contribution < 1.29 is 80.2 Å². The SMILES string of the molecule is CCC(C)CCCCCCCCC(=O)OC[C@H](COP(=O)(O)OC[C@H](O)COP(=O)(O)OC[C@@H](COC(=O)CCCCCCCCCCCCCCCCCCCCC(C)C)OC(=O)CCCCCCCCCCCC(C)C)OC(=O)CCCCCCCCCCCC(C)C. The van der Waals surface area contributed by atoms with Gasteiger partial charge in [-0.2, -0.15) is 0 Å². The number of ether oxygens (including phenoxy) is 4. The fraction of sp³-hybridized carbons (Fsp3) is 0.947. The largest absolute Gasteiger partial charge is 0.472 e. The van der Waals surface area contributed by atoms with E-state index in [0.29, 0.717) is 25.7 Å². The number of aliphatic hydroxyl groups excluding tert-OH is 1. The van der Waals surface area contributed by atoms with Gasteiger partial charge in [0.05, 0.1) is 26.4 Å². The van der Waals surface area contributed by atoms with Crippen LogP contribution in [0.25, 0.3) is 0 Å². The molecule has 3 unspecified atom stereocenters. The van der Waals surface area contributed by atoms with E-state index in [9.17, 15) is 43.2 Å². The lowest BCUT2D eigenvalue weighted by molar-refractivity contribution is -0.161. The molecule has 0 aliphatic heterocycles. The molecule has 95 heavy (non-hydrogen) atoms. The third-order valence-electron chi connectivity index (χ3n) is 17.9. The molecule has 19 heteroatoms. The molecule has 0 aromatic rings. The summed E-state index contributed by atoms with van der Waals surface area (Å²) in [6.07, 6.45) is 50.2. The summed E-state index contributed by atoms with van der Waals surface area (Å²) in [5.74, 6) is 0.903. The summed E-state index contributed by atoms with van der Waals surface area (Å²) < 4.78 is 68.5. The van der Waals surface area contributed by atoms with Crippen molar-refractivity contribution in [3.63, 3.8) is 0 Å². The Morgan fingerprint density at radius 1 is 0.295 bits per heavy atom. The van der Waals surface area contributed by atoms with Gasteiger partial charge in [0.25, 0.3) is 0 Å². The molecule has 0 saturated heterocycles. The molecule has 0 saturated carbocycles. The molecular formula is C76H148O17P2.